The molecule has 1 aliphatic carbocycles. The highest BCUT2D eigenvalue weighted by atomic mass is 16.6. The van der Waals surface area contributed by atoms with Gasteiger partial charge in [0.2, 0.25) is 6.29 Å². The fourth-order valence-electron chi connectivity index (χ4n) is 3.69. The van der Waals surface area contributed by atoms with E-state index in [0.717, 1.165) is 40.6 Å². The summed E-state index contributed by atoms with van der Waals surface area (Å²) < 4.78 is 5.80. The first kappa shape index (κ1) is 13.7. The highest BCUT2D eigenvalue weighted by Crippen LogP contribution is 2.45. The van der Waals surface area contributed by atoms with Crippen molar-refractivity contribution in [2.75, 3.05) is 0 Å². The molecule has 0 unspecified atom stereocenters. The van der Waals surface area contributed by atoms with Crippen molar-refractivity contribution in [3.05, 3.63) is 59.3 Å². The first-order valence-corrected chi connectivity index (χ1v) is 8.16. The number of benzene rings is 2. The number of ketones is 1. The number of hydrogen-bond acceptors (Lipinski definition) is 4. The molecule has 24 heavy (non-hydrogen) atoms. The molecule has 0 amide bonds. The van der Waals surface area contributed by atoms with E-state index in [2.05, 4.69) is 0 Å². The number of hydrogen-bond donors (Lipinski definition) is 1. The van der Waals surface area contributed by atoms with Gasteiger partial charge in [-0.3, -0.25) is 9.78 Å². The van der Waals surface area contributed by atoms with Crippen LogP contribution in [-0.2, 0) is 6.42 Å². The van der Waals surface area contributed by atoms with Crippen molar-refractivity contribution in [1.29, 1.82) is 0 Å². The Bertz CT molecular complexity index is 1010. The molecule has 0 spiro atoms. The van der Waals surface area contributed by atoms with Crippen LogP contribution in [0.5, 0.6) is 5.75 Å². The van der Waals surface area contributed by atoms with Gasteiger partial charge in [-0.25, -0.2) is 0 Å². The molecule has 0 saturated heterocycles. The molecule has 1 aromatic heterocycles. The lowest BCUT2D eigenvalue weighted by Crippen LogP contribution is -2.20. The number of aliphatic hydroxyl groups is 1. The average Bonchev–Trinajstić information content (AvgIpc) is 2.61. The Balaban J connectivity index is 1.81. The van der Waals surface area contributed by atoms with E-state index in [9.17, 15) is 9.90 Å². The van der Waals surface area contributed by atoms with Gasteiger partial charge in [-0.1, -0.05) is 30.3 Å². The molecule has 4 nitrogen and oxygen atoms in total. The van der Waals surface area contributed by atoms with Gasteiger partial charge < -0.3 is 9.84 Å². The SMILES string of the molecule is O=C1CCCc2nc3c(cc21)[C@H](O)Oc1c-3ccc2ccccc12. The molecule has 1 aliphatic heterocycles. The van der Waals surface area contributed by atoms with Gasteiger partial charge in [-0.05, 0) is 30.4 Å². The van der Waals surface area contributed by atoms with E-state index in [-0.39, 0.29) is 5.78 Å². The summed E-state index contributed by atoms with van der Waals surface area (Å²) >= 11 is 0. The topological polar surface area (TPSA) is 59.4 Å². The maximum atomic E-state index is 12.1. The van der Waals surface area contributed by atoms with Crippen LogP contribution in [0.3, 0.4) is 0 Å². The van der Waals surface area contributed by atoms with Gasteiger partial charge in [0.1, 0.15) is 5.75 Å². The van der Waals surface area contributed by atoms with E-state index in [1.807, 2.05) is 36.4 Å². The Kier molecular flexibility index (Phi) is 2.79. The van der Waals surface area contributed by atoms with Crippen molar-refractivity contribution in [2.24, 2.45) is 0 Å². The summed E-state index contributed by atoms with van der Waals surface area (Å²) in [4.78, 5) is 16.9. The second kappa shape index (κ2) is 4.89. The second-order valence-corrected chi connectivity index (χ2v) is 6.33. The summed E-state index contributed by atoms with van der Waals surface area (Å²) in [5.41, 5.74) is 3.63. The quantitative estimate of drug-likeness (QED) is 0.685. The van der Waals surface area contributed by atoms with E-state index in [4.69, 9.17) is 9.72 Å². The van der Waals surface area contributed by atoms with E-state index >= 15 is 0 Å². The summed E-state index contributed by atoms with van der Waals surface area (Å²) in [7, 11) is 0. The molecule has 3 aromatic rings. The molecule has 4 heteroatoms. The summed E-state index contributed by atoms with van der Waals surface area (Å²) in [6.45, 7) is 0. The number of Topliss-reactive ketones (excluding diaryl/α,β-unsaturated/α-hetero) is 1. The summed E-state index contributed by atoms with van der Waals surface area (Å²) in [5.74, 6) is 0.755. The third-order valence-electron chi connectivity index (χ3n) is 4.88. The minimum atomic E-state index is -1.11. The lowest BCUT2D eigenvalue weighted by molar-refractivity contribution is -0.0205. The molecule has 0 fully saturated rings. The molecular formula is C20H15NO3. The zero-order valence-corrected chi connectivity index (χ0v) is 13.0. The van der Waals surface area contributed by atoms with Crippen molar-refractivity contribution in [3.63, 3.8) is 0 Å². The maximum Gasteiger partial charge on any atom is 0.226 e. The van der Waals surface area contributed by atoms with Crippen molar-refractivity contribution in [2.45, 2.75) is 25.6 Å². The molecule has 1 N–H and O–H groups in total. The van der Waals surface area contributed by atoms with Gasteiger partial charge in [-0.2, -0.15) is 0 Å². The van der Waals surface area contributed by atoms with Crippen molar-refractivity contribution < 1.29 is 14.6 Å². The van der Waals surface area contributed by atoms with Gasteiger partial charge >= 0.3 is 0 Å². The van der Waals surface area contributed by atoms with Crippen LogP contribution in [0.4, 0.5) is 0 Å². The Labute approximate surface area is 138 Å². The normalized spacial score (nSPS) is 18.5. The van der Waals surface area contributed by atoms with Gasteiger partial charge in [0.25, 0.3) is 0 Å². The third kappa shape index (κ3) is 1.83. The molecule has 0 bridgehead atoms. The van der Waals surface area contributed by atoms with E-state index in [0.29, 0.717) is 23.3 Å². The smallest absolute Gasteiger partial charge is 0.226 e. The molecule has 2 aromatic carbocycles. The molecule has 118 valence electrons. The van der Waals surface area contributed by atoms with Crippen molar-refractivity contribution >= 4 is 16.6 Å². The number of carbonyl (C=O) groups excluding carboxylic acids is 1. The van der Waals surface area contributed by atoms with Crippen LogP contribution in [0.15, 0.2) is 42.5 Å². The molecule has 2 heterocycles. The molecule has 0 radical (unpaired) electrons. The summed E-state index contributed by atoms with van der Waals surface area (Å²) in [6.07, 6.45) is 1.08. The number of aromatic nitrogens is 1. The van der Waals surface area contributed by atoms with Gasteiger partial charge in [0.15, 0.2) is 5.78 Å². The number of pyridine rings is 1. The minimum absolute atomic E-state index is 0.100. The number of carbonyl (C=O) groups is 1. The number of aliphatic hydroxyl groups excluding tert-OH is 1. The Morgan fingerprint density at radius 2 is 1.96 bits per heavy atom. The minimum Gasteiger partial charge on any atom is -0.459 e. The largest absolute Gasteiger partial charge is 0.459 e. The number of aryl methyl sites for hydroxylation is 1. The van der Waals surface area contributed by atoms with E-state index < -0.39 is 6.29 Å². The van der Waals surface area contributed by atoms with E-state index in [1.165, 1.54) is 0 Å². The van der Waals surface area contributed by atoms with Gasteiger partial charge in [-0.15, -0.1) is 0 Å². The number of fused-ring (bicyclic) bond motifs is 6. The van der Waals surface area contributed by atoms with Crippen molar-refractivity contribution in [3.8, 4) is 17.0 Å². The first-order valence-electron chi connectivity index (χ1n) is 8.16. The Morgan fingerprint density at radius 3 is 2.88 bits per heavy atom. The fourth-order valence-corrected chi connectivity index (χ4v) is 3.69. The first-order chi connectivity index (χ1) is 11.7. The van der Waals surface area contributed by atoms with Gasteiger partial charge in [0, 0.05) is 28.5 Å². The van der Waals surface area contributed by atoms with E-state index in [1.54, 1.807) is 6.07 Å². The van der Waals surface area contributed by atoms with Crippen molar-refractivity contribution in [1.82, 2.24) is 4.98 Å². The van der Waals surface area contributed by atoms with Crippen LogP contribution >= 0.6 is 0 Å². The molecule has 5 rings (SSSR count). The molecule has 2 aliphatic rings. The van der Waals surface area contributed by atoms with Crippen LogP contribution in [0.1, 0.15) is 40.7 Å². The zero-order chi connectivity index (χ0) is 16.3. The highest BCUT2D eigenvalue weighted by Gasteiger charge is 2.30. The van der Waals surface area contributed by atoms with Crippen LogP contribution in [0.25, 0.3) is 22.0 Å². The lowest BCUT2D eigenvalue weighted by Gasteiger charge is -2.27. The molecule has 1 atom stereocenters. The van der Waals surface area contributed by atoms with Gasteiger partial charge in [0.05, 0.1) is 11.4 Å². The summed E-state index contributed by atoms with van der Waals surface area (Å²) in [5, 5.41) is 12.5. The predicted octanol–water partition coefficient (Wildman–Crippen LogP) is 3.80. The van der Waals surface area contributed by atoms with Crippen LogP contribution in [-0.4, -0.2) is 15.9 Å². The highest BCUT2D eigenvalue weighted by molar-refractivity contribution is 6.00. The Hall–Kier alpha value is -2.72. The maximum absolute atomic E-state index is 12.1. The predicted molar refractivity (Wildman–Crippen MR) is 90.0 cm³/mol. The fraction of sp³-hybridized carbons (Fsp3) is 0.200. The lowest BCUT2D eigenvalue weighted by atomic mass is 9.90. The second-order valence-electron chi connectivity index (χ2n) is 6.33. The number of ether oxygens (including phenoxy) is 1. The average molecular weight is 317 g/mol. The zero-order valence-electron chi connectivity index (χ0n) is 13.0. The monoisotopic (exact) mass is 317 g/mol. The standard InChI is InChI=1S/C20H15NO3/c22-17-7-3-6-16-14(17)10-15-18(21-16)13-9-8-11-4-1-2-5-12(11)19(13)24-20(15)23/h1-2,4-5,8-10,20,23H,3,6-7H2/t20-/m1/s1. The molecular weight excluding hydrogens is 302 g/mol. The number of nitrogens with zero attached hydrogens (tertiary/aromatic N) is 1. The third-order valence-corrected chi connectivity index (χ3v) is 4.88. The Morgan fingerprint density at radius 1 is 1.08 bits per heavy atom. The molecule has 0 saturated carbocycles. The van der Waals surface area contributed by atoms with Crippen LogP contribution < -0.4 is 4.74 Å². The number of rotatable bonds is 0. The van der Waals surface area contributed by atoms with Crippen LogP contribution in [0.2, 0.25) is 0 Å². The van der Waals surface area contributed by atoms with Crippen LogP contribution in [0, 0.1) is 0 Å². The summed E-state index contributed by atoms with van der Waals surface area (Å²) in [6, 6.07) is 13.7.